The Morgan fingerprint density at radius 2 is 1.65 bits per heavy atom. The zero-order valence-corrected chi connectivity index (χ0v) is 20.9. The lowest BCUT2D eigenvalue weighted by atomic mass is 10.1. The van der Waals surface area contributed by atoms with Gasteiger partial charge in [0.15, 0.2) is 11.5 Å². The van der Waals surface area contributed by atoms with Crippen LogP contribution >= 0.6 is 0 Å². The maximum absolute atomic E-state index is 13.6. The number of nitrogens with one attached hydrogen (secondary N) is 2. The van der Waals surface area contributed by atoms with Crippen molar-refractivity contribution in [3.63, 3.8) is 0 Å². The number of anilines is 1. The van der Waals surface area contributed by atoms with Crippen molar-refractivity contribution in [2.75, 3.05) is 25.6 Å². The number of rotatable bonds is 8. The number of amides is 1. The number of carbonyl (C=O) groups is 1. The van der Waals surface area contributed by atoms with E-state index in [1.807, 2.05) is 67.6 Å². The molecule has 8 heteroatoms. The van der Waals surface area contributed by atoms with Crippen LogP contribution in [0.15, 0.2) is 71.5 Å². The van der Waals surface area contributed by atoms with Crippen molar-refractivity contribution in [1.82, 2.24) is 9.88 Å². The summed E-state index contributed by atoms with van der Waals surface area (Å²) in [5.74, 6) is 1.69. The van der Waals surface area contributed by atoms with E-state index in [0.717, 1.165) is 28.0 Å². The fraction of sp³-hybridized carbons (Fsp3) is 0.241. The van der Waals surface area contributed by atoms with Crippen LogP contribution in [0.4, 0.5) is 5.69 Å². The molecule has 0 saturated heterocycles. The number of hydrogen-bond acceptors (Lipinski definition) is 6. The summed E-state index contributed by atoms with van der Waals surface area (Å²) in [6.07, 6.45) is 0. The molecular weight excluding hydrogens is 470 g/mol. The van der Waals surface area contributed by atoms with Gasteiger partial charge in [-0.05, 0) is 48.9 Å². The van der Waals surface area contributed by atoms with Crippen molar-refractivity contribution >= 4 is 22.5 Å². The lowest BCUT2D eigenvalue weighted by Gasteiger charge is -2.21. The molecule has 0 aliphatic carbocycles. The summed E-state index contributed by atoms with van der Waals surface area (Å²) >= 11 is 0. The van der Waals surface area contributed by atoms with Crippen molar-refractivity contribution in [3.8, 4) is 17.2 Å². The molecule has 0 spiro atoms. The highest BCUT2D eigenvalue weighted by molar-refractivity contribution is 5.86. The zero-order valence-electron chi connectivity index (χ0n) is 20.9. The molecule has 2 heterocycles. The maximum Gasteiger partial charge on any atom is 0.256 e. The van der Waals surface area contributed by atoms with Crippen LogP contribution in [0.2, 0.25) is 0 Å². The number of hydrogen-bond donors (Lipinski definition) is 2. The lowest BCUT2D eigenvalue weighted by Crippen LogP contribution is -2.34. The molecule has 1 aliphatic heterocycles. The fourth-order valence-electron chi connectivity index (χ4n) is 4.27. The minimum atomic E-state index is -0.251. The van der Waals surface area contributed by atoms with Crippen LogP contribution in [0.1, 0.15) is 16.7 Å². The number of pyridine rings is 1. The molecule has 5 rings (SSSR count). The summed E-state index contributed by atoms with van der Waals surface area (Å²) in [6, 6.07) is 20.9. The number of aromatic nitrogens is 1. The van der Waals surface area contributed by atoms with Crippen LogP contribution in [0.25, 0.3) is 10.9 Å². The second kappa shape index (κ2) is 10.7. The van der Waals surface area contributed by atoms with Crippen molar-refractivity contribution in [3.05, 3.63) is 93.8 Å². The van der Waals surface area contributed by atoms with Gasteiger partial charge in [0.05, 0.1) is 12.6 Å². The van der Waals surface area contributed by atoms with Gasteiger partial charge in [0.1, 0.15) is 25.5 Å². The van der Waals surface area contributed by atoms with Crippen LogP contribution in [-0.4, -0.2) is 30.8 Å². The van der Waals surface area contributed by atoms with Gasteiger partial charge in [-0.15, -0.1) is 0 Å². The molecule has 3 aromatic carbocycles. The molecule has 190 valence electrons. The third kappa shape index (κ3) is 5.53. The number of benzene rings is 3. The first-order chi connectivity index (χ1) is 18.0. The molecular formula is C29H29N3O5. The first kappa shape index (κ1) is 24.2. The van der Waals surface area contributed by atoms with Gasteiger partial charge in [-0.25, -0.2) is 0 Å². The largest absolute Gasteiger partial charge is 0.497 e. The van der Waals surface area contributed by atoms with Crippen molar-refractivity contribution in [2.45, 2.75) is 26.6 Å². The molecule has 4 aromatic rings. The second-order valence-electron chi connectivity index (χ2n) is 8.96. The Labute approximate surface area is 214 Å². The van der Waals surface area contributed by atoms with E-state index in [-0.39, 0.29) is 18.0 Å². The third-order valence-electron chi connectivity index (χ3n) is 6.32. The van der Waals surface area contributed by atoms with Gasteiger partial charge < -0.3 is 24.8 Å². The smallest absolute Gasteiger partial charge is 0.256 e. The molecule has 0 saturated carbocycles. The molecule has 37 heavy (non-hydrogen) atoms. The third-order valence-corrected chi connectivity index (χ3v) is 6.32. The van der Waals surface area contributed by atoms with Gasteiger partial charge in [-0.1, -0.05) is 29.8 Å². The average molecular weight is 500 g/mol. The van der Waals surface area contributed by atoms with Crippen molar-refractivity contribution in [1.29, 1.82) is 0 Å². The molecule has 0 bridgehead atoms. The van der Waals surface area contributed by atoms with Gasteiger partial charge in [-0.3, -0.25) is 14.2 Å². The Morgan fingerprint density at radius 1 is 0.946 bits per heavy atom. The van der Waals surface area contributed by atoms with Gasteiger partial charge in [0.25, 0.3) is 5.56 Å². The number of ether oxygens (including phenoxy) is 3. The monoisotopic (exact) mass is 499 g/mol. The Morgan fingerprint density at radius 3 is 2.35 bits per heavy atom. The molecule has 1 amide bonds. The zero-order chi connectivity index (χ0) is 25.8. The standard InChI is InChI=1S/C29H29N3O5/c1-19-3-5-20(6-4-19)16-31-28(33)18-32-25-15-27-26(36-11-12-37-27)14-21(25)13-22(29(32)34)17-30-23-7-9-24(35-2)10-8-23/h3-10,13-15,30H,11-12,16-18H2,1-2H3,(H,31,33). The quantitative estimate of drug-likeness (QED) is 0.381. The number of fused-ring (bicyclic) bond motifs is 2. The Bertz CT molecular complexity index is 1480. The summed E-state index contributed by atoms with van der Waals surface area (Å²) in [7, 11) is 1.62. The number of methoxy groups -OCH3 is 1. The predicted octanol–water partition coefficient (Wildman–Crippen LogP) is 4.02. The van der Waals surface area contributed by atoms with E-state index in [1.54, 1.807) is 13.2 Å². The van der Waals surface area contributed by atoms with Gasteiger partial charge in [-0.2, -0.15) is 0 Å². The van der Waals surface area contributed by atoms with E-state index in [4.69, 9.17) is 14.2 Å². The maximum atomic E-state index is 13.6. The van der Waals surface area contributed by atoms with E-state index < -0.39 is 0 Å². The highest BCUT2D eigenvalue weighted by atomic mass is 16.6. The molecule has 0 atom stereocenters. The highest BCUT2D eigenvalue weighted by Gasteiger charge is 2.18. The Balaban J connectivity index is 1.43. The topological polar surface area (TPSA) is 90.8 Å². The first-order valence-corrected chi connectivity index (χ1v) is 12.2. The van der Waals surface area contributed by atoms with Gasteiger partial charge in [0, 0.05) is 35.8 Å². The lowest BCUT2D eigenvalue weighted by molar-refractivity contribution is -0.121. The summed E-state index contributed by atoms with van der Waals surface area (Å²) in [5, 5.41) is 7.01. The minimum Gasteiger partial charge on any atom is -0.497 e. The van der Waals surface area contributed by atoms with Crippen LogP contribution in [0.5, 0.6) is 17.2 Å². The van der Waals surface area contributed by atoms with Crippen molar-refractivity contribution in [2.24, 2.45) is 0 Å². The molecule has 0 unspecified atom stereocenters. The van der Waals surface area contributed by atoms with E-state index in [0.29, 0.717) is 48.9 Å². The number of aryl methyl sites for hydroxylation is 1. The molecule has 2 N–H and O–H groups in total. The Kier molecular flexibility index (Phi) is 6.98. The average Bonchev–Trinajstić information content (AvgIpc) is 2.92. The molecule has 1 aliphatic rings. The highest BCUT2D eigenvalue weighted by Crippen LogP contribution is 2.34. The van der Waals surface area contributed by atoms with Crippen LogP contribution in [0, 0.1) is 6.92 Å². The van der Waals surface area contributed by atoms with Gasteiger partial charge in [0.2, 0.25) is 5.91 Å². The summed E-state index contributed by atoms with van der Waals surface area (Å²) in [5.41, 5.74) is 3.91. The molecule has 1 aromatic heterocycles. The number of nitrogens with zero attached hydrogens (tertiary/aromatic N) is 1. The minimum absolute atomic E-state index is 0.114. The molecule has 0 radical (unpaired) electrons. The van der Waals surface area contributed by atoms with Gasteiger partial charge >= 0.3 is 0 Å². The molecule has 0 fully saturated rings. The Hall–Kier alpha value is -4.46. The second-order valence-corrected chi connectivity index (χ2v) is 8.96. The summed E-state index contributed by atoms with van der Waals surface area (Å²) < 4.78 is 18.2. The van der Waals surface area contributed by atoms with E-state index in [2.05, 4.69) is 10.6 Å². The van der Waals surface area contributed by atoms with E-state index in [9.17, 15) is 9.59 Å². The SMILES string of the molecule is COc1ccc(NCc2cc3cc4c(cc3n(CC(=O)NCc3ccc(C)cc3)c2=O)OCCO4)cc1. The fourth-order valence-corrected chi connectivity index (χ4v) is 4.27. The van der Waals surface area contributed by atoms with E-state index in [1.165, 1.54) is 4.57 Å². The molecule has 8 nitrogen and oxygen atoms in total. The summed E-state index contributed by atoms with van der Waals surface area (Å²) in [4.78, 5) is 26.5. The van der Waals surface area contributed by atoms with Crippen molar-refractivity contribution < 1.29 is 19.0 Å². The predicted molar refractivity (Wildman–Crippen MR) is 143 cm³/mol. The van der Waals surface area contributed by atoms with E-state index >= 15 is 0 Å². The normalized spacial score (nSPS) is 12.3. The summed E-state index contributed by atoms with van der Waals surface area (Å²) in [6.45, 7) is 3.48. The van der Waals surface area contributed by atoms with Crippen LogP contribution < -0.4 is 30.4 Å². The first-order valence-electron chi connectivity index (χ1n) is 12.2. The van der Waals surface area contributed by atoms with Crippen LogP contribution in [-0.2, 0) is 24.4 Å². The number of carbonyl (C=O) groups excluding carboxylic acids is 1. The van der Waals surface area contributed by atoms with Crippen LogP contribution in [0.3, 0.4) is 0 Å².